The zero-order chi connectivity index (χ0) is 15.4. The first-order valence-corrected chi connectivity index (χ1v) is 8.92. The molecular weight excluding hydrogens is 371 g/mol. The Morgan fingerprint density at radius 1 is 1.13 bits per heavy atom. The van der Waals surface area contributed by atoms with E-state index in [4.69, 9.17) is 23.2 Å². The maximum atomic E-state index is 6.24. The number of amidine groups is 1. The van der Waals surface area contributed by atoms with Crippen LogP contribution in [0.5, 0.6) is 0 Å². The van der Waals surface area contributed by atoms with Crippen LogP contribution < -0.4 is 5.32 Å². The first-order chi connectivity index (χ1) is 10.7. The van der Waals surface area contributed by atoms with E-state index in [-0.39, 0.29) is 12.4 Å². The predicted molar refractivity (Wildman–Crippen MR) is 104 cm³/mol. The van der Waals surface area contributed by atoms with Gasteiger partial charge in [-0.2, -0.15) is 0 Å². The Hall–Kier alpha value is -0.870. The lowest BCUT2D eigenvalue weighted by atomic mass is 10.1. The highest BCUT2D eigenvalue weighted by Crippen LogP contribution is 2.32. The van der Waals surface area contributed by atoms with Crippen molar-refractivity contribution in [3.8, 4) is 0 Å². The molecule has 0 radical (unpaired) electrons. The van der Waals surface area contributed by atoms with Gasteiger partial charge in [-0.25, -0.2) is 0 Å². The molecule has 1 N–H and O–H groups in total. The largest absolute Gasteiger partial charge is 0.370 e. The van der Waals surface area contributed by atoms with Crippen molar-refractivity contribution in [2.45, 2.75) is 17.1 Å². The Balaban J connectivity index is 0.00000192. The van der Waals surface area contributed by atoms with Gasteiger partial charge in [-0.15, -0.1) is 24.2 Å². The van der Waals surface area contributed by atoms with Crippen LogP contribution in [0.3, 0.4) is 0 Å². The minimum absolute atomic E-state index is 0. The molecule has 0 unspecified atom stereocenters. The van der Waals surface area contributed by atoms with Crippen LogP contribution in [0.2, 0.25) is 10.0 Å². The van der Waals surface area contributed by atoms with Crippen molar-refractivity contribution >= 4 is 53.2 Å². The summed E-state index contributed by atoms with van der Waals surface area (Å²) in [5, 5.41) is 4.83. The third-order valence-corrected chi connectivity index (χ3v) is 5.23. The van der Waals surface area contributed by atoms with Gasteiger partial charge in [0, 0.05) is 34.3 Å². The second kappa shape index (κ2) is 8.84. The van der Waals surface area contributed by atoms with Crippen LogP contribution in [0.25, 0.3) is 0 Å². The van der Waals surface area contributed by atoms with Crippen molar-refractivity contribution in [1.29, 1.82) is 0 Å². The molecule has 0 spiro atoms. The molecule has 0 bridgehead atoms. The smallest absolute Gasteiger partial charge is 0.128 e. The van der Waals surface area contributed by atoms with Crippen LogP contribution >= 0.6 is 47.4 Å². The fraction of sp³-hybridized carbons (Fsp3) is 0.235. The number of rotatable bonds is 4. The Morgan fingerprint density at radius 3 is 2.74 bits per heavy atom. The first kappa shape index (κ1) is 18.5. The van der Waals surface area contributed by atoms with Crippen LogP contribution in [0.4, 0.5) is 0 Å². The molecule has 0 aliphatic carbocycles. The second-order valence-electron chi connectivity index (χ2n) is 5.03. The van der Waals surface area contributed by atoms with Gasteiger partial charge in [-0.1, -0.05) is 47.5 Å². The third-order valence-electron chi connectivity index (χ3n) is 3.45. The summed E-state index contributed by atoms with van der Waals surface area (Å²) < 4.78 is 0. The van der Waals surface area contributed by atoms with Crippen molar-refractivity contribution < 1.29 is 0 Å². The van der Waals surface area contributed by atoms with E-state index in [1.54, 1.807) is 11.8 Å². The molecular formula is C17H17Cl3N2S. The summed E-state index contributed by atoms with van der Waals surface area (Å²) in [4.78, 5) is 5.60. The van der Waals surface area contributed by atoms with E-state index in [0.717, 1.165) is 41.0 Å². The van der Waals surface area contributed by atoms with Crippen LogP contribution in [-0.4, -0.2) is 18.9 Å². The van der Waals surface area contributed by atoms with Crippen molar-refractivity contribution in [2.24, 2.45) is 4.99 Å². The van der Waals surface area contributed by atoms with Gasteiger partial charge >= 0.3 is 0 Å². The van der Waals surface area contributed by atoms with Crippen LogP contribution in [0.1, 0.15) is 17.5 Å². The minimum Gasteiger partial charge on any atom is -0.370 e. The van der Waals surface area contributed by atoms with Gasteiger partial charge in [-0.3, -0.25) is 4.99 Å². The molecule has 0 amide bonds. The van der Waals surface area contributed by atoms with Crippen LogP contribution in [0.15, 0.2) is 52.4 Å². The highest BCUT2D eigenvalue weighted by atomic mass is 35.5. The Labute approximate surface area is 157 Å². The van der Waals surface area contributed by atoms with Gasteiger partial charge in [0.25, 0.3) is 0 Å². The van der Waals surface area contributed by atoms with E-state index in [1.807, 2.05) is 18.2 Å². The molecule has 0 saturated carbocycles. The number of nitrogens with one attached hydrogen (secondary N) is 1. The van der Waals surface area contributed by atoms with E-state index in [0.29, 0.717) is 5.02 Å². The number of hydrogen-bond acceptors (Lipinski definition) is 3. The van der Waals surface area contributed by atoms with E-state index in [2.05, 4.69) is 34.6 Å². The van der Waals surface area contributed by atoms with Crippen molar-refractivity contribution in [1.82, 2.24) is 5.32 Å². The van der Waals surface area contributed by atoms with Gasteiger partial charge in [0.05, 0.1) is 5.02 Å². The van der Waals surface area contributed by atoms with Gasteiger partial charge in [0.1, 0.15) is 5.84 Å². The number of nitrogens with zero attached hydrogens (tertiary/aromatic N) is 1. The number of benzene rings is 2. The van der Waals surface area contributed by atoms with E-state index >= 15 is 0 Å². The molecule has 122 valence electrons. The highest BCUT2D eigenvalue weighted by molar-refractivity contribution is 7.98. The van der Waals surface area contributed by atoms with Crippen molar-refractivity contribution in [3.63, 3.8) is 0 Å². The lowest BCUT2D eigenvalue weighted by Gasteiger charge is -2.17. The summed E-state index contributed by atoms with van der Waals surface area (Å²) in [7, 11) is 0. The third kappa shape index (κ3) is 4.80. The minimum atomic E-state index is 0. The molecule has 1 aliphatic rings. The number of aliphatic imine (C=N–C) groups is 1. The van der Waals surface area contributed by atoms with E-state index in [1.165, 1.54) is 11.1 Å². The molecule has 2 aromatic rings. The molecule has 2 aromatic carbocycles. The topological polar surface area (TPSA) is 24.4 Å². The molecule has 23 heavy (non-hydrogen) atoms. The fourth-order valence-corrected chi connectivity index (χ4v) is 3.83. The fourth-order valence-electron chi connectivity index (χ4n) is 2.33. The predicted octanol–water partition coefficient (Wildman–Crippen LogP) is 5.45. The monoisotopic (exact) mass is 386 g/mol. The molecule has 3 rings (SSSR count). The number of halogens is 3. The lowest BCUT2D eigenvalue weighted by molar-refractivity contribution is 0.742. The molecule has 0 atom stereocenters. The average molecular weight is 388 g/mol. The van der Waals surface area contributed by atoms with Gasteiger partial charge in [-0.05, 0) is 30.2 Å². The summed E-state index contributed by atoms with van der Waals surface area (Å²) in [5.41, 5.74) is 2.42. The Morgan fingerprint density at radius 2 is 1.96 bits per heavy atom. The summed E-state index contributed by atoms with van der Waals surface area (Å²) >= 11 is 14.0. The summed E-state index contributed by atoms with van der Waals surface area (Å²) in [5.74, 6) is 1.83. The summed E-state index contributed by atoms with van der Waals surface area (Å²) in [6, 6.07) is 13.9. The van der Waals surface area contributed by atoms with E-state index < -0.39 is 0 Å². The SMILES string of the molecule is Cl.Clc1ccc(Cl)c(SCc2ccccc2C2=NCCCN2)c1. The normalized spacial score (nSPS) is 13.7. The molecule has 0 saturated heterocycles. The van der Waals surface area contributed by atoms with Crippen molar-refractivity contribution in [2.75, 3.05) is 13.1 Å². The van der Waals surface area contributed by atoms with Gasteiger partial charge in [0.2, 0.25) is 0 Å². The maximum Gasteiger partial charge on any atom is 0.128 e. The van der Waals surface area contributed by atoms with Crippen LogP contribution in [-0.2, 0) is 5.75 Å². The van der Waals surface area contributed by atoms with Crippen LogP contribution in [0, 0.1) is 0 Å². The van der Waals surface area contributed by atoms with Crippen molar-refractivity contribution in [3.05, 3.63) is 63.6 Å². The number of hydrogen-bond donors (Lipinski definition) is 1. The standard InChI is InChI=1S/C17H16Cl2N2S.ClH/c18-13-6-7-15(19)16(10-13)22-11-12-4-1-2-5-14(12)17-20-8-3-9-21-17;/h1-2,4-7,10H,3,8-9,11H2,(H,20,21);1H. The maximum absolute atomic E-state index is 6.24. The van der Waals surface area contributed by atoms with Gasteiger partial charge in [0.15, 0.2) is 0 Å². The van der Waals surface area contributed by atoms with Gasteiger partial charge < -0.3 is 5.32 Å². The zero-order valence-corrected chi connectivity index (χ0v) is 15.5. The Bertz CT molecular complexity index is 704. The zero-order valence-electron chi connectivity index (χ0n) is 12.4. The summed E-state index contributed by atoms with van der Waals surface area (Å²) in [6.45, 7) is 1.88. The first-order valence-electron chi connectivity index (χ1n) is 7.18. The molecule has 0 aromatic heterocycles. The number of thioether (sulfide) groups is 1. The molecule has 2 nitrogen and oxygen atoms in total. The Kier molecular flexibility index (Phi) is 7.09. The molecule has 0 fully saturated rings. The molecule has 1 heterocycles. The summed E-state index contributed by atoms with van der Waals surface area (Å²) in [6.07, 6.45) is 1.10. The lowest BCUT2D eigenvalue weighted by Crippen LogP contribution is -2.30. The highest BCUT2D eigenvalue weighted by Gasteiger charge is 2.12. The molecule has 6 heteroatoms. The van der Waals surface area contributed by atoms with E-state index in [9.17, 15) is 0 Å². The average Bonchev–Trinajstić information content (AvgIpc) is 2.57. The quantitative estimate of drug-likeness (QED) is 0.706. The molecule has 1 aliphatic heterocycles. The second-order valence-corrected chi connectivity index (χ2v) is 6.89.